The van der Waals surface area contributed by atoms with Gasteiger partial charge >= 0.3 is 13.5 Å². The van der Waals surface area contributed by atoms with E-state index >= 15 is 4.57 Å². The minimum absolute atomic E-state index is 0.136. The molecule has 53 heavy (non-hydrogen) atoms. The van der Waals surface area contributed by atoms with Crippen molar-refractivity contribution in [2.24, 2.45) is 5.92 Å². The Labute approximate surface area is 313 Å². The average molecular weight is 745 g/mol. The van der Waals surface area contributed by atoms with Gasteiger partial charge < -0.3 is 14.6 Å². The zero-order valence-corrected chi connectivity index (χ0v) is 31.4. The van der Waals surface area contributed by atoms with Gasteiger partial charge in [0.25, 0.3) is 5.91 Å². The summed E-state index contributed by atoms with van der Waals surface area (Å²) in [5.74, 6) is -0.907. The quantitative estimate of drug-likeness (QED) is 0.0974. The third-order valence-electron chi connectivity index (χ3n) is 9.37. The molecule has 1 fully saturated rings. The van der Waals surface area contributed by atoms with Gasteiger partial charge in [-0.15, -0.1) is 0 Å². The van der Waals surface area contributed by atoms with Gasteiger partial charge in [0.2, 0.25) is 0 Å². The molecule has 1 aliphatic carbocycles. The third kappa shape index (κ3) is 8.24. The second-order valence-electron chi connectivity index (χ2n) is 13.2. The smallest absolute Gasteiger partial charge is 0.364 e. The van der Waals surface area contributed by atoms with Crippen LogP contribution < -0.4 is 9.84 Å². The van der Waals surface area contributed by atoms with Crippen molar-refractivity contribution in [3.05, 3.63) is 126 Å². The molecule has 270 valence electrons. The molecule has 2 atom stereocenters. The Balaban J connectivity index is 1.35. The predicted molar refractivity (Wildman–Crippen MR) is 211 cm³/mol. The van der Waals surface area contributed by atoms with E-state index in [-0.39, 0.29) is 18.2 Å². The molecular formula is C42H41N4O5PS. The highest BCUT2D eigenvalue weighted by molar-refractivity contribution is 7.99. The summed E-state index contributed by atoms with van der Waals surface area (Å²) in [5.41, 5.74) is 2.40. The lowest BCUT2D eigenvalue weighted by atomic mass is 9.98. The summed E-state index contributed by atoms with van der Waals surface area (Å²) in [7, 11) is -2.43. The largest absolute Gasteiger partial charge is 0.462 e. The van der Waals surface area contributed by atoms with Crippen molar-refractivity contribution in [3.63, 3.8) is 0 Å². The molecule has 0 radical (unpaired) electrons. The minimum atomic E-state index is -4.03. The molecule has 7 rings (SSSR count). The normalized spacial score (nSPS) is 15.3. The monoisotopic (exact) mass is 744 g/mol. The molecule has 1 unspecified atom stereocenters. The molecule has 4 aromatic carbocycles. The van der Waals surface area contributed by atoms with Crippen LogP contribution >= 0.6 is 19.3 Å². The molecule has 0 bridgehead atoms. The highest BCUT2D eigenvalue weighted by atomic mass is 32.2. The second kappa shape index (κ2) is 16.2. The van der Waals surface area contributed by atoms with Gasteiger partial charge in [0.15, 0.2) is 0 Å². The molecule has 2 heterocycles. The molecule has 0 aliphatic heterocycles. The van der Waals surface area contributed by atoms with E-state index in [0.29, 0.717) is 22.5 Å². The molecule has 6 aromatic rings. The highest BCUT2D eigenvalue weighted by Crippen LogP contribution is 2.53. The van der Waals surface area contributed by atoms with Crippen LogP contribution in [0.2, 0.25) is 0 Å². The van der Waals surface area contributed by atoms with Crippen molar-refractivity contribution in [3.8, 4) is 5.75 Å². The number of aromatic nitrogens is 3. The van der Waals surface area contributed by atoms with E-state index in [1.807, 2.05) is 103 Å². The van der Waals surface area contributed by atoms with Crippen molar-refractivity contribution < 1.29 is 23.4 Å². The molecule has 0 saturated heterocycles. The van der Waals surface area contributed by atoms with E-state index in [1.165, 1.54) is 16.2 Å². The number of carbonyl (C=O) groups is 2. The maximum atomic E-state index is 15.8. The van der Waals surface area contributed by atoms with Crippen molar-refractivity contribution >= 4 is 65.0 Å². The van der Waals surface area contributed by atoms with E-state index in [9.17, 15) is 9.59 Å². The number of amides is 1. The van der Waals surface area contributed by atoms with Crippen LogP contribution in [-0.4, -0.2) is 45.7 Å². The van der Waals surface area contributed by atoms with Crippen LogP contribution in [0.1, 0.15) is 60.8 Å². The number of hydrogen-bond donors (Lipinski definition) is 1. The van der Waals surface area contributed by atoms with Gasteiger partial charge in [-0.05, 0) is 91.8 Å². The standard InChI is InChI=1S/C42H41N4O5PS/c1-29(42(48)50-32-16-4-3-5-17-32)28-52(49,51-39-20-12-14-30-13-6-7-18-34(30)39)46-38-27-33(53-40-21-9-8-19-36(40)41(47)43-2)23-24-35(38)37(45-46)25-22-31-15-10-11-26-44-31/h6-15,18-27,29,32H,3-5,16-17,28H2,1-2H3,(H,43,47)/b25-22+/t29-,52?/m1/s1. The van der Waals surface area contributed by atoms with Gasteiger partial charge in [0.1, 0.15) is 11.9 Å². The predicted octanol–water partition coefficient (Wildman–Crippen LogP) is 9.90. The van der Waals surface area contributed by atoms with Gasteiger partial charge in [-0.2, -0.15) is 9.55 Å². The maximum absolute atomic E-state index is 15.8. The van der Waals surface area contributed by atoms with E-state index in [1.54, 1.807) is 32.3 Å². The molecular weight excluding hydrogens is 704 g/mol. The minimum Gasteiger partial charge on any atom is -0.462 e. The van der Waals surface area contributed by atoms with Gasteiger partial charge in [0.05, 0.1) is 34.5 Å². The number of rotatable bonds is 12. The molecule has 2 aromatic heterocycles. The van der Waals surface area contributed by atoms with Crippen LogP contribution in [0, 0.1) is 5.92 Å². The number of benzene rings is 4. The SMILES string of the molecule is CNC(=O)c1ccccc1Sc1ccc2c(/C=C/c3ccccn3)nn(P(=O)(C[C@@H](C)C(=O)OC3CCCCC3)Oc3cccc4ccccc34)c2c1. The Morgan fingerprint density at radius 2 is 1.70 bits per heavy atom. The summed E-state index contributed by atoms with van der Waals surface area (Å²) < 4.78 is 29.9. The van der Waals surface area contributed by atoms with E-state index in [4.69, 9.17) is 14.4 Å². The summed E-state index contributed by atoms with van der Waals surface area (Å²) >= 11 is 1.42. The average Bonchev–Trinajstić information content (AvgIpc) is 3.56. The summed E-state index contributed by atoms with van der Waals surface area (Å²) in [4.78, 5) is 32.3. The zero-order chi connectivity index (χ0) is 36.8. The van der Waals surface area contributed by atoms with Crippen molar-refractivity contribution in [1.29, 1.82) is 0 Å². The second-order valence-corrected chi connectivity index (χ2v) is 16.5. The van der Waals surface area contributed by atoms with Crippen LogP contribution in [0.15, 0.2) is 119 Å². The first-order chi connectivity index (χ1) is 25.8. The Morgan fingerprint density at radius 1 is 0.925 bits per heavy atom. The zero-order valence-electron chi connectivity index (χ0n) is 29.7. The van der Waals surface area contributed by atoms with Gasteiger partial charge in [-0.1, -0.05) is 79.7 Å². The Bertz CT molecular complexity index is 2330. The van der Waals surface area contributed by atoms with E-state index in [0.717, 1.165) is 63.7 Å². The van der Waals surface area contributed by atoms with Crippen LogP contribution in [0.25, 0.3) is 33.8 Å². The first kappa shape index (κ1) is 36.2. The first-order valence-corrected chi connectivity index (χ1v) is 20.5. The van der Waals surface area contributed by atoms with Gasteiger partial charge in [-0.3, -0.25) is 19.1 Å². The summed E-state index contributed by atoms with van der Waals surface area (Å²) in [6.07, 6.45) is 10.0. The number of pyridine rings is 1. The number of fused-ring (bicyclic) bond motifs is 2. The lowest BCUT2D eigenvalue weighted by Gasteiger charge is -2.26. The summed E-state index contributed by atoms with van der Waals surface area (Å²) in [5, 5.41) is 10.2. The van der Waals surface area contributed by atoms with Crippen molar-refractivity contribution in [1.82, 2.24) is 19.9 Å². The molecule has 11 heteroatoms. The molecule has 1 amide bonds. The van der Waals surface area contributed by atoms with Crippen molar-refractivity contribution in [2.45, 2.75) is 54.9 Å². The molecule has 1 aliphatic rings. The van der Waals surface area contributed by atoms with Crippen molar-refractivity contribution in [2.75, 3.05) is 13.2 Å². The number of carbonyl (C=O) groups excluding carboxylic acids is 2. The Morgan fingerprint density at radius 3 is 2.51 bits per heavy atom. The number of esters is 1. The molecule has 1 saturated carbocycles. The Kier molecular flexibility index (Phi) is 11.1. The summed E-state index contributed by atoms with van der Waals surface area (Å²) in [6, 6.07) is 32.2. The van der Waals surface area contributed by atoms with Gasteiger partial charge in [0, 0.05) is 33.8 Å². The first-order valence-electron chi connectivity index (χ1n) is 17.9. The maximum Gasteiger partial charge on any atom is 0.364 e. The van der Waals surface area contributed by atoms with E-state index in [2.05, 4.69) is 10.3 Å². The fourth-order valence-electron chi connectivity index (χ4n) is 6.63. The molecule has 0 spiro atoms. The molecule has 1 N–H and O–H groups in total. The number of hydrogen-bond acceptors (Lipinski definition) is 8. The van der Waals surface area contributed by atoms with Crippen LogP contribution in [0.3, 0.4) is 0 Å². The van der Waals surface area contributed by atoms with Crippen LogP contribution in [0.5, 0.6) is 5.75 Å². The fraction of sp³-hybridized carbons (Fsp3) is 0.238. The number of nitrogens with one attached hydrogen (secondary N) is 1. The van der Waals surface area contributed by atoms with Crippen LogP contribution in [0.4, 0.5) is 0 Å². The Hall–Kier alpha value is -5.18. The lowest BCUT2D eigenvalue weighted by Crippen LogP contribution is -2.27. The van der Waals surface area contributed by atoms with E-state index < -0.39 is 19.4 Å². The number of ether oxygens (including phenoxy) is 1. The lowest BCUT2D eigenvalue weighted by molar-refractivity contribution is -0.154. The van der Waals surface area contributed by atoms with Gasteiger partial charge in [-0.25, -0.2) is 0 Å². The fourth-order valence-corrected chi connectivity index (χ4v) is 9.95. The number of nitrogens with zero attached hydrogens (tertiary/aromatic N) is 3. The molecule has 9 nitrogen and oxygen atoms in total. The summed E-state index contributed by atoms with van der Waals surface area (Å²) in [6.45, 7) is 1.74. The third-order valence-corrected chi connectivity index (χ3v) is 12.8. The van der Waals surface area contributed by atoms with Crippen LogP contribution in [-0.2, 0) is 14.1 Å². The highest BCUT2D eigenvalue weighted by Gasteiger charge is 2.37. The topological polar surface area (TPSA) is 112 Å².